The number of nitro groups is 1. The minimum absolute atomic E-state index is 0.0271. The van der Waals surface area contributed by atoms with Gasteiger partial charge in [0.25, 0.3) is 5.69 Å². The second kappa shape index (κ2) is 11.7. The van der Waals surface area contributed by atoms with Crippen LogP contribution in [0, 0.1) is 15.9 Å². The van der Waals surface area contributed by atoms with Gasteiger partial charge in [-0.15, -0.1) is 0 Å². The molecule has 1 fully saturated rings. The quantitative estimate of drug-likeness (QED) is 0.165. The highest BCUT2D eigenvalue weighted by Gasteiger charge is 2.38. The second-order valence-electron chi connectivity index (χ2n) is 9.81. The fourth-order valence-electron chi connectivity index (χ4n) is 4.99. The van der Waals surface area contributed by atoms with Crippen LogP contribution in [0.25, 0.3) is 0 Å². The van der Waals surface area contributed by atoms with Gasteiger partial charge in [-0.25, -0.2) is 4.39 Å². The Hall–Kier alpha value is -4.23. The third kappa shape index (κ3) is 6.74. The largest absolute Gasteiger partial charge is 0.488 e. The van der Waals surface area contributed by atoms with E-state index < -0.39 is 28.6 Å². The van der Waals surface area contributed by atoms with Crippen LogP contribution in [0.1, 0.15) is 11.1 Å². The highest BCUT2D eigenvalue weighted by Crippen LogP contribution is 2.38. The molecule has 0 spiro atoms. The summed E-state index contributed by atoms with van der Waals surface area (Å²) < 4.78 is 65.1. The summed E-state index contributed by atoms with van der Waals surface area (Å²) in [6, 6.07) is 13.5. The summed E-state index contributed by atoms with van der Waals surface area (Å²) in [5, 5.41) is 13.8. The molecule has 1 saturated heterocycles. The van der Waals surface area contributed by atoms with Crippen molar-refractivity contribution < 1.29 is 36.8 Å². The van der Waals surface area contributed by atoms with Crippen molar-refractivity contribution >= 4 is 23.3 Å². The normalized spacial score (nSPS) is 18.3. The van der Waals surface area contributed by atoms with Crippen LogP contribution >= 0.6 is 0 Å². The Bertz CT molecular complexity index is 1410. The summed E-state index contributed by atoms with van der Waals surface area (Å²) in [7, 11) is 0. The summed E-state index contributed by atoms with van der Waals surface area (Å²) in [6.07, 6.45) is -4.41. The van der Waals surface area contributed by atoms with Crippen LogP contribution in [0.2, 0.25) is 0 Å². The van der Waals surface area contributed by atoms with Crippen LogP contribution in [0.3, 0.4) is 0 Å². The molecule has 41 heavy (non-hydrogen) atoms. The predicted octanol–water partition coefficient (Wildman–Crippen LogP) is 5.02. The maximum absolute atomic E-state index is 13.5. The Morgan fingerprint density at radius 2 is 1.76 bits per heavy atom. The lowest BCUT2D eigenvalue weighted by Gasteiger charge is -2.37. The minimum Gasteiger partial charge on any atom is -0.488 e. The Labute approximate surface area is 232 Å². The van der Waals surface area contributed by atoms with Gasteiger partial charge in [-0.1, -0.05) is 0 Å². The second-order valence-corrected chi connectivity index (χ2v) is 9.81. The molecule has 216 valence electrons. The zero-order valence-corrected chi connectivity index (χ0v) is 21.6. The fourth-order valence-corrected chi connectivity index (χ4v) is 4.99. The highest BCUT2D eigenvalue weighted by molar-refractivity contribution is 5.64. The van der Waals surface area contributed by atoms with Gasteiger partial charge in [0, 0.05) is 62.1 Å². The van der Waals surface area contributed by atoms with E-state index in [4.69, 9.17) is 9.47 Å². The van der Waals surface area contributed by atoms with E-state index in [2.05, 4.69) is 10.2 Å². The zero-order valence-electron chi connectivity index (χ0n) is 21.6. The van der Waals surface area contributed by atoms with Crippen LogP contribution in [-0.2, 0) is 17.4 Å². The van der Waals surface area contributed by atoms with Gasteiger partial charge in [0.1, 0.15) is 29.0 Å². The molecule has 0 aliphatic carbocycles. The van der Waals surface area contributed by atoms with Crippen molar-refractivity contribution in [3.8, 4) is 11.5 Å². The van der Waals surface area contributed by atoms with Crippen molar-refractivity contribution in [3.63, 3.8) is 0 Å². The van der Waals surface area contributed by atoms with E-state index in [-0.39, 0.29) is 17.6 Å². The molecule has 0 aromatic heterocycles. The van der Waals surface area contributed by atoms with E-state index in [1.807, 2.05) is 4.90 Å². The summed E-state index contributed by atoms with van der Waals surface area (Å²) in [4.78, 5) is 25.9. The van der Waals surface area contributed by atoms with Gasteiger partial charge in [-0.2, -0.15) is 13.2 Å². The maximum atomic E-state index is 13.5. The van der Waals surface area contributed by atoms with E-state index in [0.717, 1.165) is 11.6 Å². The van der Waals surface area contributed by atoms with Crippen molar-refractivity contribution in [2.24, 2.45) is 0 Å². The average molecular weight is 575 g/mol. The lowest BCUT2D eigenvalue weighted by Crippen LogP contribution is -2.54. The number of carbonyl (C=O) groups is 1. The zero-order chi connectivity index (χ0) is 29.1. The molecule has 0 bridgehead atoms. The predicted molar refractivity (Wildman–Crippen MR) is 141 cm³/mol. The molecule has 2 aliphatic heterocycles. The smallest absolute Gasteiger partial charge is 0.423 e. The number of hydrogen-bond donors (Lipinski definition) is 1. The number of aldehydes is 1. The van der Waals surface area contributed by atoms with E-state index in [1.54, 1.807) is 30.3 Å². The van der Waals surface area contributed by atoms with Crippen LogP contribution < -0.4 is 14.8 Å². The third-order valence-electron chi connectivity index (χ3n) is 7.01. The summed E-state index contributed by atoms with van der Waals surface area (Å²) in [5.41, 5.74) is -1.06. The van der Waals surface area contributed by atoms with E-state index in [1.165, 1.54) is 18.2 Å². The van der Waals surface area contributed by atoms with Gasteiger partial charge >= 0.3 is 6.18 Å². The first-order chi connectivity index (χ1) is 19.6. The molecule has 9 nitrogen and oxygen atoms in total. The molecular weight excluding hydrogens is 548 g/mol. The van der Waals surface area contributed by atoms with Crippen molar-refractivity contribution in [2.75, 3.05) is 38.0 Å². The molecule has 2 aliphatic rings. The molecule has 3 aromatic rings. The van der Waals surface area contributed by atoms with Gasteiger partial charge in [0.05, 0.1) is 4.92 Å². The number of piperazine rings is 1. The van der Waals surface area contributed by atoms with E-state index >= 15 is 0 Å². The number of hydrogen-bond acceptors (Lipinski definition) is 8. The number of nitro benzene ring substituents is 1. The summed E-state index contributed by atoms with van der Waals surface area (Å²) in [5.74, 6) is 0.819. The molecule has 0 radical (unpaired) electrons. The number of rotatable bonds is 9. The van der Waals surface area contributed by atoms with Crippen molar-refractivity contribution in [3.05, 3.63) is 87.7 Å². The van der Waals surface area contributed by atoms with Gasteiger partial charge < -0.3 is 14.8 Å². The molecule has 2 atom stereocenters. The molecular formula is C28H26F4N4O5. The molecule has 2 unspecified atom stereocenters. The monoisotopic (exact) mass is 574 g/mol. The number of nitrogens with zero attached hydrogens (tertiary/aromatic N) is 3. The van der Waals surface area contributed by atoms with Gasteiger partial charge in [-0.05, 0) is 54.6 Å². The first-order valence-electron chi connectivity index (χ1n) is 12.9. The molecule has 2 heterocycles. The highest BCUT2D eigenvalue weighted by atomic mass is 19.4. The topological polar surface area (TPSA) is 97.2 Å². The molecule has 13 heteroatoms. The molecule has 0 amide bonds. The Morgan fingerprint density at radius 1 is 1.05 bits per heavy atom. The SMILES string of the molecule is O=CC(Oc1ccc(Nc2ccc([N+](=O)[O-])c(C(F)(F)F)c2)cc1)N1CCN(CC2Cc3cc(F)ccc3O2)CC1. The van der Waals surface area contributed by atoms with Crippen LogP contribution in [0.5, 0.6) is 11.5 Å². The molecule has 1 N–H and O–H groups in total. The number of alkyl halides is 3. The number of nitrogens with one attached hydrogen (secondary N) is 1. The average Bonchev–Trinajstić information content (AvgIpc) is 3.34. The van der Waals surface area contributed by atoms with E-state index in [9.17, 15) is 32.5 Å². The van der Waals surface area contributed by atoms with Crippen LogP contribution in [-0.4, -0.2) is 66.1 Å². The van der Waals surface area contributed by atoms with Gasteiger partial charge in [0.15, 0.2) is 6.29 Å². The van der Waals surface area contributed by atoms with Crippen molar-refractivity contribution in [1.29, 1.82) is 0 Å². The van der Waals surface area contributed by atoms with Gasteiger partial charge in [-0.3, -0.25) is 24.7 Å². The van der Waals surface area contributed by atoms with Crippen molar-refractivity contribution in [2.45, 2.75) is 24.9 Å². The standard InChI is InChI=1S/C28H26F4N4O5/c29-19-1-8-26-18(13-19)14-23(40-26)16-34-9-11-35(12-10-34)27(17-37)41-22-5-2-20(3-6-22)33-21-4-7-25(36(38)39)24(15-21)28(30,31)32/h1-8,13,15,17,23,27,33H,9-12,14,16H2. The summed E-state index contributed by atoms with van der Waals surface area (Å²) >= 11 is 0. The Kier molecular flexibility index (Phi) is 8.08. The minimum atomic E-state index is -4.88. The van der Waals surface area contributed by atoms with E-state index in [0.29, 0.717) is 68.7 Å². The third-order valence-corrected chi connectivity index (χ3v) is 7.01. The van der Waals surface area contributed by atoms with Crippen LogP contribution in [0.4, 0.5) is 34.6 Å². The number of halogens is 4. The maximum Gasteiger partial charge on any atom is 0.423 e. The fraction of sp³-hybridized carbons (Fsp3) is 0.321. The number of fused-ring (bicyclic) bond motifs is 1. The number of carbonyl (C=O) groups excluding carboxylic acids is 1. The molecule has 3 aromatic carbocycles. The lowest BCUT2D eigenvalue weighted by atomic mass is 10.1. The van der Waals surface area contributed by atoms with Crippen LogP contribution in [0.15, 0.2) is 60.7 Å². The Morgan fingerprint density at radius 3 is 2.41 bits per heavy atom. The number of benzene rings is 3. The molecule has 0 saturated carbocycles. The first kappa shape index (κ1) is 28.3. The Balaban J connectivity index is 1.13. The lowest BCUT2D eigenvalue weighted by molar-refractivity contribution is -0.388. The number of anilines is 2. The van der Waals surface area contributed by atoms with Crippen molar-refractivity contribution in [1.82, 2.24) is 9.80 Å². The number of ether oxygens (including phenoxy) is 2. The van der Waals surface area contributed by atoms with Gasteiger partial charge in [0.2, 0.25) is 6.23 Å². The molecule has 5 rings (SSSR count). The summed E-state index contributed by atoms with van der Waals surface area (Å²) in [6.45, 7) is 3.23. The first-order valence-corrected chi connectivity index (χ1v) is 12.9.